The van der Waals surface area contributed by atoms with Crippen LogP contribution in [-0.4, -0.2) is 29.2 Å². The van der Waals surface area contributed by atoms with Crippen molar-refractivity contribution in [3.8, 4) is 0 Å². The lowest BCUT2D eigenvalue weighted by atomic mass is 10.0. The SMILES string of the molecule is CCNC(=S)Nc1ccc(N2CCCCC2C)nc1. The lowest BCUT2D eigenvalue weighted by Crippen LogP contribution is -2.37. The molecule has 2 heterocycles. The van der Waals surface area contributed by atoms with Crippen LogP contribution in [0.1, 0.15) is 33.1 Å². The van der Waals surface area contributed by atoms with Gasteiger partial charge in [-0.15, -0.1) is 0 Å². The Morgan fingerprint density at radius 2 is 2.32 bits per heavy atom. The maximum atomic E-state index is 5.15. The van der Waals surface area contributed by atoms with E-state index in [1.54, 1.807) is 0 Å². The van der Waals surface area contributed by atoms with Crippen LogP contribution in [0.2, 0.25) is 0 Å². The van der Waals surface area contributed by atoms with Crippen molar-refractivity contribution in [1.82, 2.24) is 10.3 Å². The number of thiocarbonyl (C=S) groups is 1. The first-order chi connectivity index (χ1) is 9.20. The van der Waals surface area contributed by atoms with Crippen LogP contribution in [0.5, 0.6) is 0 Å². The van der Waals surface area contributed by atoms with Gasteiger partial charge in [0.2, 0.25) is 0 Å². The van der Waals surface area contributed by atoms with Gasteiger partial charge in [-0.05, 0) is 57.5 Å². The molecule has 0 spiro atoms. The van der Waals surface area contributed by atoms with Crippen molar-refractivity contribution in [3.63, 3.8) is 0 Å². The van der Waals surface area contributed by atoms with E-state index in [1.807, 2.05) is 19.2 Å². The molecule has 1 aromatic heterocycles. The molecule has 0 saturated carbocycles. The van der Waals surface area contributed by atoms with Gasteiger partial charge in [-0.3, -0.25) is 0 Å². The maximum Gasteiger partial charge on any atom is 0.170 e. The first-order valence-corrected chi connectivity index (χ1v) is 7.39. The van der Waals surface area contributed by atoms with Crippen LogP contribution in [0.25, 0.3) is 0 Å². The van der Waals surface area contributed by atoms with Crippen LogP contribution in [0.15, 0.2) is 18.3 Å². The third-order valence-corrected chi connectivity index (χ3v) is 3.69. The monoisotopic (exact) mass is 278 g/mol. The Morgan fingerprint density at radius 1 is 1.47 bits per heavy atom. The summed E-state index contributed by atoms with van der Waals surface area (Å²) in [5.41, 5.74) is 0.930. The second-order valence-electron chi connectivity index (χ2n) is 4.93. The van der Waals surface area contributed by atoms with Crippen molar-refractivity contribution in [2.75, 3.05) is 23.3 Å². The summed E-state index contributed by atoms with van der Waals surface area (Å²) in [6.07, 6.45) is 5.69. The summed E-state index contributed by atoms with van der Waals surface area (Å²) in [6, 6.07) is 4.69. The van der Waals surface area contributed by atoms with Gasteiger partial charge in [0.1, 0.15) is 5.82 Å². The molecule has 0 radical (unpaired) electrons. The third kappa shape index (κ3) is 3.80. The first kappa shape index (κ1) is 14.1. The van der Waals surface area contributed by atoms with Crippen molar-refractivity contribution < 1.29 is 0 Å². The van der Waals surface area contributed by atoms with Gasteiger partial charge in [0.05, 0.1) is 11.9 Å². The van der Waals surface area contributed by atoms with E-state index in [2.05, 4.69) is 33.5 Å². The standard InChI is InChI=1S/C14H22N4S/c1-3-15-14(19)17-12-7-8-13(16-10-12)18-9-5-4-6-11(18)2/h7-8,10-11H,3-6,9H2,1-2H3,(H2,15,17,19). The summed E-state index contributed by atoms with van der Waals surface area (Å²) in [7, 11) is 0. The van der Waals surface area contributed by atoms with Gasteiger partial charge in [-0.25, -0.2) is 4.98 Å². The van der Waals surface area contributed by atoms with Crippen molar-refractivity contribution >= 4 is 28.8 Å². The van der Waals surface area contributed by atoms with Gasteiger partial charge < -0.3 is 15.5 Å². The van der Waals surface area contributed by atoms with Crippen molar-refractivity contribution in [1.29, 1.82) is 0 Å². The summed E-state index contributed by atoms with van der Waals surface area (Å²) in [5, 5.41) is 6.83. The van der Waals surface area contributed by atoms with Gasteiger partial charge >= 0.3 is 0 Å². The number of pyridine rings is 1. The molecule has 1 aromatic rings. The predicted molar refractivity (Wildman–Crippen MR) is 84.8 cm³/mol. The minimum absolute atomic E-state index is 0.586. The van der Waals surface area contributed by atoms with Crippen LogP contribution in [-0.2, 0) is 0 Å². The Kier molecular flexibility index (Phi) is 4.96. The minimum Gasteiger partial charge on any atom is -0.363 e. The fraction of sp³-hybridized carbons (Fsp3) is 0.571. The Hall–Kier alpha value is -1.36. The van der Waals surface area contributed by atoms with E-state index in [0.717, 1.165) is 24.6 Å². The number of nitrogens with zero attached hydrogens (tertiary/aromatic N) is 2. The minimum atomic E-state index is 0.586. The molecule has 1 aliphatic heterocycles. The Bertz CT molecular complexity index is 418. The quantitative estimate of drug-likeness (QED) is 0.832. The molecule has 1 fully saturated rings. The highest BCUT2D eigenvalue weighted by atomic mass is 32.1. The first-order valence-electron chi connectivity index (χ1n) is 6.98. The van der Waals surface area contributed by atoms with E-state index >= 15 is 0 Å². The zero-order chi connectivity index (χ0) is 13.7. The summed E-state index contributed by atoms with van der Waals surface area (Å²) < 4.78 is 0. The highest BCUT2D eigenvalue weighted by Gasteiger charge is 2.19. The normalized spacial score (nSPS) is 19.1. The number of hydrogen-bond donors (Lipinski definition) is 2. The summed E-state index contributed by atoms with van der Waals surface area (Å²) in [5.74, 6) is 1.06. The number of piperidine rings is 1. The molecular formula is C14H22N4S. The summed E-state index contributed by atoms with van der Waals surface area (Å²) in [4.78, 5) is 6.93. The third-order valence-electron chi connectivity index (χ3n) is 3.44. The molecule has 2 rings (SSSR count). The van der Waals surface area contributed by atoms with Gasteiger partial charge in [0.15, 0.2) is 5.11 Å². The molecule has 1 atom stereocenters. The molecule has 0 aliphatic carbocycles. The second kappa shape index (κ2) is 6.70. The molecule has 104 valence electrons. The average molecular weight is 278 g/mol. The number of nitrogens with one attached hydrogen (secondary N) is 2. The lowest BCUT2D eigenvalue weighted by molar-refractivity contribution is 0.481. The van der Waals surface area contributed by atoms with Crippen LogP contribution in [0.3, 0.4) is 0 Å². The molecule has 0 aromatic carbocycles. The Labute approximate surface area is 120 Å². The molecule has 0 amide bonds. The molecule has 0 bridgehead atoms. The maximum absolute atomic E-state index is 5.15. The molecular weight excluding hydrogens is 256 g/mol. The van der Waals surface area contributed by atoms with E-state index in [1.165, 1.54) is 19.3 Å². The molecule has 1 saturated heterocycles. The van der Waals surface area contributed by atoms with E-state index in [9.17, 15) is 0 Å². The van der Waals surface area contributed by atoms with Gasteiger partial charge in [0.25, 0.3) is 0 Å². The molecule has 19 heavy (non-hydrogen) atoms. The Balaban J connectivity index is 1.99. The fourth-order valence-corrected chi connectivity index (χ4v) is 2.67. The average Bonchev–Trinajstić information content (AvgIpc) is 2.41. The van der Waals surface area contributed by atoms with Crippen LogP contribution in [0.4, 0.5) is 11.5 Å². The molecule has 1 aliphatic rings. The lowest BCUT2D eigenvalue weighted by Gasteiger charge is -2.34. The topological polar surface area (TPSA) is 40.2 Å². The smallest absolute Gasteiger partial charge is 0.170 e. The van der Waals surface area contributed by atoms with Crippen LogP contribution < -0.4 is 15.5 Å². The second-order valence-corrected chi connectivity index (χ2v) is 5.34. The molecule has 4 nitrogen and oxygen atoms in total. The highest BCUT2D eigenvalue weighted by Crippen LogP contribution is 2.23. The van der Waals surface area contributed by atoms with Crippen molar-refractivity contribution in [3.05, 3.63) is 18.3 Å². The van der Waals surface area contributed by atoms with Crippen molar-refractivity contribution in [2.45, 2.75) is 39.2 Å². The zero-order valence-corrected chi connectivity index (χ0v) is 12.5. The van der Waals surface area contributed by atoms with Gasteiger partial charge in [0, 0.05) is 19.1 Å². The van der Waals surface area contributed by atoms with Crippen molar-refractivity contribution in [2.24, 2.45) is 0 Å². The van der Waals surface area contributed by atoms with E-state index in [0.29, 0.717) is 11.2 Å². The molecule has 2 N–H and O–H groups in total. The summed E-state index contributed by atoms with van der Waals surface area (Å²) >= 11 is 5.15. The number of rotatable bonds is 3. The fourth-order valence-electron chi connectivity index (χ4n) is 2.40. The van der Waals surface area contributed by atoms with Crippen LogP contribution >= 0.6 is 12.2 Å². The van der Waals surface area contributed by atoms with Gasteiger partial charge in [-0.1, -0.05) is 0 Å². The predicted octanol–water partition coefficient (Wildman–Crippen LogP) is 2.77. The zero-order valence-electron chi connectivity index (χ0n) is 11.6. The Morgan fingerprint density at radius 3 is 2.95 bits per heavy atom. The summed E-state index contributed by atoms with van der Waals surface area (Å²) in [6.45, 7) is 6.22. The number of anilines is 2. The van der Waals surface area contributed by atoms with E-state index in [-0.39, 0.29) is 0 Å². The van der Waals surface area contributed by atoms with E-state index < -0.39 is 0 Å². The van der Waals surface area contributed by atoms with Crippen LogP contribution in [0, 0.1) is 0 Å². The van der Waals surface area contributed by atoms with E-state index in [4.69, 9.17) is 12.2 Å². The number of aromatic nitrogens is 1. The number of hydrogen-bond acceptors (Lipinski definition) is 3. The van der Waals surface area contributed by atoms with Gasteiger partial charge in [-0.2, -0.15) is 0 Å². The highest BCUT2D eigenvalue weighted by molar-refractivity contribution is 7.80. The largest absolute Gasteiger partial charge is 0.363 e. The molecule has 5 heteroatoms. The molecule has 1 unspecified atom stereocenters.